The third-order valence-electron chi connectivity index (χ3n) is 4.64. The number of ether oxygens (including phenoxy) is 1. The fourth-order valence-corrected chi connectivity index (χ4v) is 2.83. The van der Waals surface area contributed by atoms with Gasteiger partial charge in [0.2, 0.25) is 5.91 Å². The van der Waals surface area contributed by atoms with Gasteiger partial charge in [-0.2, -0.15) is 0 Å². The Morgan fingerprint density at radius 3 is 2.68 bits per heavy atom. The number of rotatable bonds is 7. The molecule has 1 aliphatic heterocycles. The molecule has 0 aliphatic carbocycles. The molecule has 138 valence electrons. The molecule has 1 aromatic carbocycles. The van der Waals surface area contributed by atoms with Crippen LogP contribution in [-0.4, -0.2) is 58.7 Å². The van der Waals surface area contributed by atoms with Crippen LogP contribution in [0.2, 0.25) is 0 Å². The first-order valence-electron chi connectivity index (χ1n) is 8.82. The monoisotopic (exact) mass is 348 g/mol. The summed E-state index contributed by atoms with van der Waals surface area (Å²) in [6, 6.07) is 5.61. The van der Waals surface area contributed by atoms with Crippen LogP contribution in [0.3, 0.4) is 0 Å². The van der Waals surface area contributed by atoms with E-state index in [1.54, 1.807) is 4.90 Å². The maximum atomic E-state index is 12.5. The molecule has 0 saturated carbocycles. The summed E-state index contributed by atoms with van der Waals surface area (Å²) in [6.45, 7) is 8.30. The first-order chi connectivity index (χ1) is 11.8. The van der Waals surface area contributed by atoms with Crippen molar-refractivity contribution in [2.45, 2.75) is 52.7 Å². The fraction of sp³-hybridized carbons (Fsp3) is 0.579. The second-order valence-corrected chi connectivity index (χ2v) is 6.72. The van der Waals surface area contributed by atoms with Crippen molar-refractivity contribution in [2.24, 2.45) is 0 Å². The maximum absolute atomic E-state index is 12.5. The zero-order valence-corrected chi connectivity index (χ0v) is 15.5. The maximum Gasteiger partial charge on any atom is 0.327 e. The predicted octanol–water partition coefficient (Wildman–Crippen LogP) is 2.50. The molecule has 1 heterocycles. The van der Waals surface area contributed by atoms with E-state index >= 15 is 0 Å². The fourth-order valence-electron chi connectivity index (χ4n) is 2.83. The van der Waals surface area contributed by atoms with E-state index in [2.05, 4.69) is 0 Å². The second kappa shape index (κ2) is 8.34. The normalized spacial score (nSPS) is 17.6. The summed E-state index contributed by atoms with van der Waals surface area (Å²) in [4.78, 5) is 27.5. The highest BCUT2D eigenvalue weighted by Gasteiger charge is 2.35. The van der Waals surface area contributed by atoms with Crippen LogP contribution in [0.4, 0.5) is 4.79 Å². The molecule has 0 bridgehead atoms. The van der Waals surface area contributed by atoms with E-state index in [1.165, 1.54) is 0 Å². The van der Waals surface area contributed by atoms with E-state index in [1.807, 2.05) is 45.9 Å². The molecule has 2 atom stereocenters. The molecule has 6 nitrogen and oxygen atoms in total. The van der Waals surface area contributed by atoms with Crippen molar-refractivity contribution in [3.05, 3.63) is 29.3 Å². The third kappa shape index (κ3) is 4.72. The molecule has 1 aromatic rings. The van der Waals surface area contributed by atoms with Gasteiger partial charge in [-0.05, 0) is 44.4 Å². The average Bonchev–Trinajstić information content (AvgIpc) is 2.58. The molecule has 2 rings (SSSR count). The summed E-state index contributed by atoms with van der Waals surface area (Å²) < 4.78 is 5.67. The van der Waals surface area contributed by atoms with Gasteiger partial charge in [-0.3, -0.25) is 9.69 Å². The molecular weight excluding hydrogens is 320 g/mol. The molecule has 3 amide bonds. The molecule has 0 aromatic heterocycles. The number of hydrogen-bond acceptors (Lipinski definition) is 4. The lowest BCUT2D eigenvalue weighted by atomic mass is 10.1. The largest absolute Gasteiger partial charge is 0.491 e. The number of imide groups is 1. The minimum absolute atomic E-state index is 0.0324. The van der Waals surface area contributed by atoms with Gasteiger partial charge in [0.1, 0.15) is 18.5 Å². The number of nitrogens with zero attached hydrogens (tertiary/aromatic N) is 2. The third-order valence-corrected chi connectivity index (χ3v) is 4.64. The molecule has 0 spiro atoms. The van der Waals surface area contributed by atoms with Crippen LogP contribution in [0.25, 0.3) is 0 Å². The SMILES string of the molecule is CCC(C)N1CCC(=O)N(CC(O)COc2cc(C)ccc2C)C1=O. The van der Waals surface area contributed by atoms with Crippen LogP contribution in [0.5, 0.6) is 5.75 Å². The molecule has 25 heavy (non-hydrogen) atoms. The number of β-amino-alcohol motifs (C(OH)–C–C–N with tert-alkyl or cyclic N) is 1. The zero-order chi connectivity index (χ0) is 18.6. The number of benzene rings is 1. The van der Waals surface area contributed by atoms with Crippen molar-refractivity contribution in [1.82, 2.24) is 9.80 Å². The molecule has 1 aliphatic rings. The Bertz CT molecular complexity index is 632. The molecule has 2 unspecified atom stereocenters. The van der Waals surface area contributed by atoms with Crippen LogP contribution < -0.4 is 4.74 Å². The van der Waals surface area contributed by atoms with Crippen molar-refractivity contribution >= 4 is 11.9 Å². The summed E-state index contributed by atoms with van der Waals surface area (Å²) >= 11 is 0. The summed E-state index contributed by atoms with van der Waals surface area (Å²) in [5.74, 6) is 0.465. The van der Waals surface area contributed by atoms with Gasteiger partial charge in [0.15, 0.2) is 0 Å². The number of amides is 3. The summed E-state index contributed by atoms with van der Waals surface area (Å²) in [5, 5.41) is 10.3. The number of aliphatic hydroxyl groups excluding tert-OH is 1. The van der Waals surface area contributed by atoms with Gasteiger partial charge >= 0.3 is 6.03 Å². The van der Waals surface area contributed by atoms with Crippen LogP contribution in [0.1, 0.15) is 37.8 Å². The highest BCUT2D eigenvalue weighted by molar-refractivity contribution is 5.97. The quantitative estimate of drug-likeness (QED) is 0.822. The average molecular weight is 348 g/mol. The lowest BCUT2D eigenvalue weighted by Crippen LogP contribution is -2.56. The van der Waals surface area contributed by atoms with E-state index < -0.39 is 6.10 Å². The van der Waals surface area contributed by atoms with Crippen LogP contribution in [0, 0.1) is 13.8 Å². The molecule has 6 heteroatoms. The topological polar surface area (TPSA) is 70.1 Å². The second-order valence-electron chi connectivity index (χ2n) is 6.72. The zero-order valence-electron chi connectivity index (χ0n) is 15.5. The minimum Gasteiger partial charge on any atom is -0.491 e. The number of carbonyl (C=O) groups is 2. The Balaban J connectivity index is 1.96. The Labute approximate surface area is 149 Å². The van der Waals surface area contributed by atoms with Crippen LogP contribution >= 0.6 is 0 Å². The molecule has 1 fully saturated rings. The van der Waals surface area contributed by atoms with Gasteiger partial charge in [-0.15, -0.1) is 0 Å². The number of aliphatic hydroxyl groups is 1. The van der Waals surface area contributed by atoms with Gasteiger partial charge in [-0.25, -0.2) is 4.79 Å². The van der Waals surface area contributed by atoms with E-state index in [-0.39, 0.29) is 31.1 Å². The minimum atomic E-state index is -0.926. The molecule has 0 radical (unpaired) electrons. The first-order valence-corrected chi connectivity index (χ1v) is 8.82. The predicted molar refractivity (Wildman–Crippen MR) is 95.6 cm³/mol. The van der Waals surface area contributed by atoms with Gasteiger partial charge in [0.25, 0.3) is 0 Å². The highest BCUT2D eigenvalue weighted by Crippen LogP contribution is 2.20. The Morgan fingerprint density at radius 1 is 1.28 bits per heavy atom. The summed E-state index contributed by atoms with van der Waals surface area (Å²) in [7, 11) is 0. The van der Waals surface area contributed by atoms with Crippen molar-refractivity contribution < 1.29 is 19.4 Å². The Hall–Kier alpha value is -2.08. The van der Waals surface area contributed by atoms with Crippen molar-refractivity contribution in [3.8, 4) is 5.75 Å². The van der Waals surface area contributed by atoms with E-state index in [4.69, 9.17) is 4.74 Å². The smallest absolute Gasteiger partial charge is 0.327 e. The van der Waals surface area contributed by atoms with Crippen LogP contribution in [0.15, 0.2) is 18.2 Å². The molecular formula is C19H28N2O4. The van der Waals surface area contributed by atoms with Crippen molar-refractivity contribution in [1.29, 1.82) is 0 Å². The van der Waals surface area contributed by atoms with Crippen molar-refractivity contribution in [3.63, 3.8) is 0 Å². The van der Waals surface area contributed by atoms with E-state index in [0.717, 1.165) is 22.4 Å². The number of hydrogen-bond donors (Lipinski definition) is 1. The summed E-state index contributed by atoms with van der Waals surface area (Å²) in [6.07, 6.45) is 0.192. The van der Waals surface area contributed by atoms with Gasteiger partial charge < -0.3 is 14.7 Å². The first kappa shape index (κ1) is 19.2. The Kier molecular flexibility index (Phi) is 6.42. The van der Waals surface area contributed by atoms with Crippen LogP contribution in [-0.2, 0) is 4.79 Å². The molecule has 1 saturated heterocycles. The van der Waals surface area contributed by atoms with E-state index in [0.29, 0.717) is 18.7 Å². The van der Waals surface area contributed by atoms with Gasteiger partial charge in [-0.1, -0.05) is 19.1 Å². The van der Waals surface area contributed by atoms with Crippen molar-refractivity contribution in [2.75, 3.05) is 19.7 Å². The van der Waals surface area contributed by atoms with Gasteiger partial charge in [0.05, 0.1) is 6.54 Å². The number of urea groups is 1. The summed E-state index contributed by atoms with van der Waals surface area (Å²) in [5.41, 5.74) is 2.05. The highest BCUT2D eigenvalue weighted by atomic mass is 16.5. The van der Waals surface area contributed by atoms with E-state index in [9.17, 15) is 14.7 Å². The molecule has 1 N–H and O–H groups in total. The number of carbonyl (C=O) groups excluding carboxylic acids is 2. The lowest BCUT2D eigenvalue weighted by molar-refractivity contribution is -0.132. The Morgan fingerprint density at radius 2 is 2.00 bits per heavy atom. The lowest BCUT2D eigenvalue weighted by Gasteiger charge is -2.38. The standard InChI is InChI=1S/C19H28N2O4/c1-5-15(4)20-9-8-18(23)21(19(20)24)11-16(22)12-25-17-10-13(2)6-7-14(17)3/h6-7,10,15-16,22H,5,8-9,11-12H2,1-4H3. The number of aryl methyl sites for hydroxylation is 2. The van der Waals surface area contributed by atoms with Gasteiger partial charge in [0, 0.05) is 19.0 Å².